The second-order valence-electron chi connectivity index (χ2n) is 7.21. The van der Waals surface area contributed by atoms with Crippen molar-refractivity contribution in [3.63, 3.8) is 0 Å². The van der Waals surface area contributed by atoms with E-state index in [4.69, 9.17) is 0 Å². The Bertz CT molecular complexity index is 800. The number of thioether (sulfide) groups is 2. The van der Waals surface area contributed by atoms with E-state index in [1.807, 2.05) is 63.2 Å². The van der Waals surface area contributed by atoms with Crippen molar-refractivity contribution >= 4 is 51.6 Å². The monoisotopic (exact) mass is 409 g/mol. The molecule has 1 fully saturated rings. The molecule has 0 radical (unpaired) electrons. The highest BCUT2D eigenvalue weighted by molar-refractivity contribution is 8.22. The normalized spacial score (nSPS) is 19.4. The van der Waals surface area contributed by atoms with Crippen LogP contribution in [0.25, 0.3) is 10.8 Å². The Morgan fingerprint density at radius 3 is 2.38 bits per heavy atom. The summed E-state index contributed by atoms with van der Waals surface area (Å²) in [7, 11) is 0. The van der Waals surface area contributed by atoms with Gasteiger partial charge in [-0.2, -0.15) is 0 Å². The van der Waals surface area contributed by atoms with Crippen LogP contribution in [0.4, 0.5) is 0 Å². The minimum Gasteiger partial charge on any atom is -0.598 e. The molecule has 2 aromatic rings. The molecule has 0 aliphatic carbocycles. The number of rotatable bonds is 5. The Morgan fingerprint density at radius 1 is 1.19 bits per heavy atom. The van der Waals surface area contributed by atoms with Crippen LogP contribution in [0.5, 0.6) is 0 Å². The van der Waals surface area contributed by atoms with E-state index in [9.17, 15) is 14.5 Å². The quantitative estimate of drug-likeness (QED) is 0.722. The lowest BCUT2D eigenvalue weighted by Crippen LogP contribution is -2.50. The molecule has 0 aromatic heterocycles. The highest BCUT2D eigenvalue weighted by Crippen LogP contribution is 2.52. The largest absolute Gasteiger partial charge is 0.598 e. The maximum Gasteiger partial charge on any atom is 0.332 e. The van der Waals surface area contributed by atoms with Gasteiger partial charge in [-0.3, -0.25) is 0 Å². The smallest absolute Gasteiger partial charge is 0.332 e. The van der Waals surface area contributed by atoms with Gasteiger partial charge in [-0.1, -0.05) is 36.4 Å². The van der Waals surface area contributed by atoms with Crippen molar-refractivity contribution in [2.75, 3.05) is 11.5 Å². The van der Waals surface area contributed by atoms with E-state index in [1.54, 1.807) is 0 Å². The summed E-state index contributed by atoms with van der Waals surface area (Å²) in [5.74, 6) is 0.664. The zero-order chi connectivity index (χ0) is 18.9. The summed E-state index contributed by atoms with van der Waals surface area (Å²) in [5, 5.41) is 12.2. The van der Waals surface area contributed by atoms with Crippen molar-refractivity contribution in [1.29, 1.82) is 0 Å². The maximum atomic E-state index is 12.8. The number of hydrogen-bond donors (Lipinski definition) is 2. The van der Waals surface area contributed by atoms with Crippen LogP contribution in [0.1, 0.15) is 32.4 Å². The molecule has 1 saturated heterocycles. The number of nitrogens with one attached hydrogen (secondary N) is 1. The van der Waals surface area contributed by atoms with Crippen LogP contribution >= 0.6 is 23.5 Å². The molecule has 2 atom stereocenters. The number of carboxylic acids is 1. The zero-order valence-electron chi connectivity index (χ0n) is 15.0. The summed E-state index contributed by atoms with van der Waals surface area (Å²) in [6.45, 7) is 5.65. The Labute approximate surface area is 165 Å². The van der Waals surface area contributed by atoms with Crippen LogP contribution < -0.4 is 4.72 Å². The maximum absolute atomic E-state index is 12.8. The fourth-order valence-corrected chi connectivity index (χ4v) is 6.98. The lowest BCUT2D eigenvalue weighted by atomic mass is 10.00. The predicted molar refractivity (Wildman–Crippen MR) is 113 cm³/mol. The van der Waals surface area contributed by atoms with E-state index in [2.05, 4.69) is 4.72 Å². The second-order valence-corrected chi connectivity index (χ2v) is 12.1. The highest BCUT2D eigenvalue weighted by Gasteiger charge is 2.53. The molecule has 3 rings (SSSR count). The van der Waals surface area contributed by atoms with Crippen LogP contribution in [0.2, 0.25) is 0 Å². The van der Waals surface area contributed by atoms with Gasteiger partial charge in [0.1, 0.15) is 10.8 Å². The van der Waals surface area contributed by atoms with Crippen LogP contribution in [0, 0.1) is 0 Å². The molecule has 4 nitrogen and oxygen atoms in total. The summed E-state index contributed by atoms with van der Waals surface area (Å²) in [4.78, 5) is 12.3. The van der Waals surface area contributed by atoms with Crippen molar-refractivity contribution in [2.45, 2.75) is 35.6 Å². The third kappa shape index (κ3) is 3.87. The van der Waals surface area contributed by atoms with E-state index in [-0.39, 0.29) is 0 Å². The molecule has 0 saturated carbocycles. The van der Waals surface area contributed by atoms with Crippen LogP contribution in [-0.4, -0.2) is 36.0 Å². The second kappa shape index (κ2) is 7.64. The lowest BCUT2D eigenvalue weighted by Gasteiger charge is -2.35. The average Bonchev–Trinajstić information content (AvgIpc) is 3.09. The third-order valence-corrected chi connectivity index (χ3v) is 9.30. The molecule has 0 bridgehead atoms. The van der Waals surface area contributed by atoms with Crippen molar-refractivity contribution in [2.24, 2.45) is 0 Å². The summed E-state index contributed by atoms with van der Waals surface area (Å²) in [5.41, 5.74) is 0.852. The van der Waals surface area contributed by atoms with Crippen molar-refractivity contribution < 1.29 is 14.5 Å². The van der Waals surface area contributed by atoms with Gasteiger partial charge in [-0.15, -0.1) is 28.2 Å². The molecule has 26 heavy (non-hydrogen) atoms. The molecule has 0 amide bonds. The fourth-order valence-electron chi connectivity index (χ4n) is 2.88. The first kappa shape index (κ1) is 19.9. The summed E-state index contributed by atoms with van der Waals surface area (Å²) in [6, 6.07) is 13.4. The third-order valence-electron chi connectivity index (χ3n) is 4.28. The SMILES string of the molecule is CC(C)(C)[S@+]([O-])N[C@@H](c1ccc2ccccc2c1)C1(C(=O)O)SCCS1. The molecule has 0 unspecified atom stereocenters. The molecule has 1 aliphatic rings. The number of carbonyl (C=O) groups is 1. The molecule has 0 spiro atoms. The molecule has 7 heteroatoms. The van der Waals surface area contributed by atoms with E-state index < -0.39 is 32.2 Å². The van der Waals surface area contributed by atoms with Gasteiger partial charge in [0, 0.05) is 22.9 Å². The molecular weight excluding hydrogens is 386 g/mol. The topological polar surface area (TPSA) is 72.4 Å². The van der Waals surface area contributed by atoms with Crippen molar-refractivity contribution in [3.8, 4) is 0 Å². The summed E-state index contributed by atoms with van der Waals surface area (Å²) in [6.07, 6.45) is 0. The van der Waals surface area contributed by atoms with E-state index in [0.29, 0.717) is 0 Å². The van der Waals surface area contributed by atoms with Gasteiger partial charge in [0.25, 0.3) is 0 Å². The minimum absolute atomic E-state index is 0.483. The van der Waals surface area contributed by atoms with Gasteiger partial charge >= 0.3 is 5.97 Å². The Balaban J connectivity index is 2.08. The highest BCUT2D eigenvalue weighted by atomic mass is 32.2. The Hall–Kier alpha value is -0.860. The first-order valence-corrected chi connectivity index (χ1v) is 11.5. The number of benzene rings is 2. The van der Waals surface area contributed by atoms with Gasteiger partial charge in [-0.25, -0.2) is 4.79 Å². The fraction of sp³-hybridized carbons (Fsp3) is 0.421. The molecule has 140 valence electrons. The molecular formula is C19H23NO3S3. The predicted octanol–water partition coefficient (Wildman–Crippen LogP) is 4.19. The van der Waals surface area contributed by atoms with Crippen LogP contribution in [0.15, 0.2) is 42.5 Å². The zero-order valence-corrected chi connectivity index (χ0v) is 17.5. The van der Waals surface area contributed by atoms with Gasteiger partial charge in [0.05, 0.1) is 0 Å². The van der Waals surface area contributed by atoms with Gasteiger partial charge in [-0.05, 0) is 43.2 Å². The molecule has 2 N–H and O–H groups in total. The molecule has 1 heterocycles. The molecule has 1 aliphatic heterocycles. The first-order valence-electron chi connectivity index (χ1n) is 8.42. The number of carboxylic acid groups (broad SMARTS) is 1. The first-order chi connectivity index (χ1) is 12.2. The van der Waals surface area contributed by atoms with Gasteiger partial charge < -0.3 is 9.66 Å². The van der Waals surface area contributed by atoms with Gasteiger partial charge in [0.15, 0.2) is 4.08 Å². The number of fused-ring (bicyclic) bond motifs is 1. The van der Waals surface area contributed by atoms with Crippen molar-refractivity contribution in [1.82, 2.24) is 4.72 Å². The Morgan fingerprint density at radius 2 is 1.81 bits per heavy atom. The minimum atomic E-state index is -1.38. The molecule has 2 aromatic carbocycles. The number of aliphatic carboxylic acids is 1. The van der Waals surface area contributed by atoms with E-state index in [1.165, 1.54) is 23.5 Å². The van der Waals surface area contributed by atoms with E-state index >= 15 is 0 Å². The van der Waals surface area contributed by atoms with E-state index in [0.717, 1.165) is 27.8 Å². The Kier molecular flexibility index (Phi) is 5.84. The van der Waals surface area contributed by atoms with Crippen LogP contribution in [0.3, 0.4) is 0 Å². The van der Waals surface area contributed by atoms with Gasteiger partial charge in [0.2, 0.25) is 0 Å². The average molecular weight is 410 g/mol. The van der Waals surface area contributed by atoms with Crippen LogP contribution in [-0.2, 0) is 16.2 Å². The standard InChI is InChI=1S/C19H23NO3S3/c1-18(2,3)26(23)20-16(19(17(21)22)24-10-11-25-19)15-9-8-13-6-4-5-7-14(13)12-15/h4-9,12,16,20H,10-11H2,1-3H3,(H,21,22)/t16-,26-/m0/s1. The van der Waals surface area contributed by atoms with Crippen molar-refractivity contribution in [3.05, 3.63) is 48.0 Å². The lowest BCUT2D eigenvalue weighted by molar-refractivity contribution is -0.137. The summed E-state index contributed by atoms with van der Waals surface area (Å²) >= 11 is 1.47. The number of hydrogen-bond acceptors (Lipinski definition) is 5. The summed E-state index contributed by atoms with van der Waals surface area (Å²) < 4.78 is 14.4.